The Morgan fingerprint density at radius 3 is 2.75 bits per heavy atom. The predicted molar refractivity (Wildman–Crippen MR) is 129 cm³/mol. The van der Waals surface area contributed by atoms with Crippen molar-refractivity contribution < 1.29 is 9.67 Å². The Morgan fingerprint density at radius 1 is 1.25 bits per heavy atom. The second-order valence-electron chi connectivity index (χ2n) is 11.7. The highest BCUT2D eigenvalue weighted by Crippen LogP contribution is 2.63. The number of nitrogens with zero attached hydrogens (tertiary/aromatic N) is 4. The molecule has 6 nitrogen and oxygen atoms in total. The van der Waals surface area contributed by atoms with Crippen molar-refractivity contribution >= 4 is 17.0 Å². The third-order valence-electron chi connectivity index (χ3n) is 8.99. The Morgan fingerprint density at radius 2 is 2.00 bits per heavy atom. The number of anilines is 1. The van der Waals surface area contributed by atoms with Crippen LogP contribution in [0.5, 0.6) is 0 Å². The van der Waals surface area contributed by atoms with Gasteiger partial charge < -0.3 is 10.8 Å². The Labute approximate surface area is 192 Å². The summed E-state index contributed by atoms with van der Waals surface area (Å²) < 4.78 is 4.10. The van der Waals surface area contributed by atoms with E-state index < -0.39 is 5.60 Å². The van der Waals surface area contributed by atoms with Crippen LogP contribution in [-0.4, -0.2) is 25.2 Å². The van der Waals surface area contributed by atoms with Crippen LogP contribution in [0.4, 0.5) is 5.82 Å². The molecule has 2 aromatic heterocycles. The maximum absolute atomic E-state index is 11.4. The molecule has 4 atom stereocenters. The molecule has 176 valence electrons. The molecule has 0 aromatic carbocycles. The van der Waals surface area contributed by atoms with Gasteiger partial charge in [0.25, 0.3) is 0 Å². The van der Waals surface area contributed by atoms with Gasteiger partial charge in [0.1, 0.15) is 0 Å². The molecular formula is C26H42N5O+. The molecule has 0 spiro atoms. The van der Waals surface area contributed by atoms with Crippen LogP contribution in [0.25, 0.3) is 11.2 Å². The summed E-state index contributed by atoms with van der Waals surface area (Å²) in [6, 6.07) is 0. The fourth-order valence-corrected chi connectivity index (χ4v) is 7.37. The molecule has 2 aliphatic carbocycles. The van der Waals surface area contributed by atoms with Gasteiger partial charge in [0, 0.05) is 0 Å². The van der Waals surface area contributed by atoms with Crippen LogP contribution >= 0.6 is 0 Å². The third kappa shape index (κ3) is 3.95. The number of imidazole rings is 1. The highest BCUT2D eigenvalue weighted by Gasteiger charge is 2.57. The first kappa shape index (κ1) is 23.2. The minimum atomic E-state index is -0.574. The van der Waals surface area contributed by atoms with Crippen molar-refractivity contribution in [2.24, 2.45) is 29.7 Å². The average molecular weight is 441 g/mol. The first-order chi connectivity index (χ1) is 15.0. The smallest absolute Gasteiger partial charge is 0.307 e. The summed E-state index contributed by atoms with van der Waals surface area (Å²) in [5.41, 5.74) is 9.24. The molecule has 2 saturated carbocycles. The molecule has 0 bridgehead atoms. The number of aryl methyl sites for hydroxylation is 1. The topological polar surface area (TPSA) is 80.8 Å². The lowest BCUT2D eigenvalue weighted by molar-refractivity contribution is -0.647. The number of hydrogen-bond donors (Lipinski definition) is 2. The normalized spacial score (nSPS) is 32.8. The first-order valence-corrected chi connectivity index (χ1v) is 12.3. The van der Waals surface area contributed by atoms with Crippen molar-refractivity contribution in [2.45, 2.75) is 91.7 Å². The molecule has 2 heterocycles. The van der Waals surface area contributed by atoms with E-state index in [1.807, 2.05) is 17.9 Å². The molecular weight excluding hydrogens is 398 g/mol. The monoisotopic (exact) mass is 440 g/mol. The molecule has 2 aromatic rings. The quantitative estimate of drug-likeness (QED) is 0.528. The lowest BCUT2D eigenvalue weighted by Gasteiger charge is -2.61. The van der Waals surface area contributed by atoms with Crippen LogP contribution in [-0.2, 0) is 13.6 Å². The standard InChI is InChI=1S/C26H42N5O/c1-18(11-15-31-17-30(6)23-21(31)22(27)28-16-29-23)8-9-20-25(4)13-7-12-24(2,3)19(25)10-14-26(20,5)32/h11,16-17,19-20,32H,7-10,12-15H2,1-6H3,(H2,27,28,29)/q+1. The van der Waals surface area contributed by atoms with Gasteiger partial charge in [-0.05, 0) is 75.0 Å². The molecule has 4 rings (SSSR count). The van der Waals surface area contributed by atoms with Gasteiger partial charge >= 0.3 is 5.65 Å². The van der Waals surface area contributed by atoms with Crippen molar-refractivity contribution in [3.8, 4) is 0 Å². The van der Waals surface area contributed by atoms with E-state index in [1.165, 1.54) is 31.2 Å². The zero-order valence-corrected chi connectivity index (χ0v) is 20.9. The van der Waals surface area contributed by atoms with E-state index in [4.69, 9.17) is 5.73 Å². The zero-order chi connectivity index (χ0) is 23.3. The number of fused-ring (bicyclic) bond motifs is 2. The van der Waals surface area contributed by atoms with Gasteiger partial charge in [-0.25, -0.2) is 4.57 Å². The van der Waals surface area contributed by atoms with Crippen molar-refractivity contribution in [1.82, 2.24) is 14.5 Å². The van der Waals surface area contributed by atoms with E-state index in [0.717, 1.165) is 43.4 Å². The number of rotatable bonds is 5. The summed E-state index contributed by atoms with van der Waals surface area (Å²) in [4.78, 5) is 8.53. The second-order valence-corrected chi connectivity index (χ2v) is 11.7. The molecule has 0 aliphatic heterocycles. The van der Waals surface area contributed by atoms with Gasteiger partial charge in [0.05, 0.1) is 19.2 Å². The summed E-state index contributed by atoms with van der Waals surface area (Å²) in [6.45, 7) is 12.4. The second kappa shape index (κ2) is 8.12. The van der Waals surface area contributed by atoms with E-state index in [0.29, 0.717) is 23.1 Å². The van der Waals surface area contributed by atoms with Crippen molar-refractivity contribution in [1.29, 1.82) is 0 Å². The Hall–Kier alpha value is -1.95. The maximum Gasteiger partial charge on any atom is 0.307 e. The van der Waals surface area contributed by atoms with Gasteiger partial charge in [0.15, 0.2) is 18.5 Å². The molecule has 2 aliphatic rings. The van der Waals surface area contributed by atoms with Gasteiger partial charge in [0.2, 0.25) is 5.52 Å². The Kier molecular flexibility index (Phi) is 5.89. The molecule has 0 saturated heterocycles. The molecule has 0 radical (unpaired) electrons. The highest BCUT2D eigenvalue weighted by molar-refractivity contribution is 5.79. The van der Waals surface area contributed by atoms with E-state index in [-0.39, 0.29) is 5.41 Å². The predicted octanol–water partition coefficient (Wildman–Crippen LogP) is 4.56. The summed E-state index contributed by atoms with van der Waals surface area (Å²) in [5, 5.41) is 11.4. The Balaban J connectivity index is 1.50. The van der Waals surface area contributed by atoms with Gasteiger partial charge in [-0.1, -0.05) is 43.8 Å². The summed E-state index contributed by atoms with van der Waals surface area (Å²) in [6.07, 6.45) is 13.8. The first-order valence-electron chi connectivity index (χ1n) is 12.3. The van der Waals surface area contributed by atoms with E-state index in [1.54, 1.807) is 0 Å². The molecule has 4 unspecified atom stereocenters. The van der Waals surface area contributed by atoms with Crippen LogP contribution < -0.4 is 10.3 Å². The van der Waals surface area contributed by atoms with Crippen LogP contribution in [0.1, 0.15) is 79.6 Å². The number of aliphatic hydroxyl groups is 1. The van der Waals surface area contributed by atoms with E-state index >= 15 is 0 Å². The lowest BCUT2D eigenvalue weighted by Crippen LogP contribution is -2.57. The zero-order valence-electron chi connectivity index (χ0n) is 20.9. The molecule has 3 N–H and O–H groups in total. The number of allylic oxidation sites excluding steroid dienone is 2. The molecule has 0 amide bonds. The highest BCUT2D eigenvalue weighted by atomic mass is 16.3. The number of nitrogen functional groups attached to an aromatic ring is 1. The number of aromatic nitrogens is 4. The average Bonchev–Trinajstić information content (AvgIpc) is 3.02. The van der Waals surface area contributed by atoms with Crippen molar-refractivity contribution in [3.05, 3.63) is 24.3 Å². The summed E-state index contributed by atoms with van der Waals surface area (Å²) >= 11 is 0. The summed E-state index contributed by atoms with van der Waals surface area (Å²) in [7, 11) is 1.98. The van der Waals surface area contributed by atoms with Crippen LogP contribution in [0.15, 0.2) is 24.3 Å². The van der Waals surface area contributed by atoms with E-state index in [2.05, 4.69) is 55.2 Å². The van der Waals surface area contributed by atoms with Crippen LogP contribution in [0.2, 0.25) is 0 Å². The van der Waals surface area contributed by atoms with E-state index in [9.17, 15) is 5.11 Å². The minimum absolute atomic E-state index is 0.222. The summed E-state index contributed by atoms with van der Waals surface area (Å²) in [5.74, 6) is 1.55. The maximum atomic E-state index is 11.4. The van der Waals surface area contributed by atoms with Crippen molar-refractivity contribution in [3.63, 3.8) is 0 Å². The van der Waals surface area contributed by atoms with Crippen molar-refractivity contribution in [2.75, 3.05) is 5.73 Å². The Bertz CT molecular complexity index is 1020. The van der Waals surface area contributed by atoms with Gasteiger partial charge in [-0.2, -0.15) is 4.98 Å². The number of nitrogens with two attached hydrogens (primary N) is 1. The number of hydrogen-bond acceptors (Lipinski definition) is 4. The fourth-order valence-electron chi connectivity index (χ4n) is 7.37. The fraction of sp³-hybridized carbons (Fsp3) is 0.731. The molecule has 6 heteroatoms. The van der Waals surface area contributed by atoms with Crippen LogP contribution in [0.3, 0.4) is 0 Å². The van der Waals surface area contributed by atoms with Crippen LogP contribution in [0, 0.1) is 22.7 Å². The minimum Gasteiger partial charge on any atom is -0.390 e. The van der Waals surface area contributed by atoms with Gasteiger partial charge in [-0.3, -0.25) is 4.57 Å². The SMILES string of the molecule is CC(=CCn1c[n+](C)c2ncnc(N)c21)CCC1C(C)(O)CCC2C(C)(C)CCCC21C. The molecule has 2 fully saturated rings. The van der Waals surface area contributed by atoms with Gasteiger partial charge in [-0.15, -0.1) is 0 Å². The lowest BCUT2D eigenvalue weighted by atomic mass is 9.45. The largest absolute Gasteiger partial charge is 0.390 e. The molecule has 32 heavy (non-hydrogen) atoms. The third-order valence-corrected chi connectivity index (χ3v) is 8.99.